The first-order valence-electron chi connectivity index (χ1n) is 6.74. The lowest BCUT2D eigenvalue weighted by Gasteiger charge is -2.07. The maximum absolute atomic E-state index is 12.0. The largest absolute Gasteiger partial charge is 0.481 e. The molecule has 7 heteroatoms. The lowest BCUT2D eigenvalue weighted by atomic mass is 9.94. The number of hydrogen-bond acceptors (Lipinski definition) is 5. The summed E-state index contributed by atoms with van der Waals surface area (Å²) in [7, 11) is 0. The number of carboxylic acids is 1. The van der Waals surface area contributed by atoms with Crippen LogP contribution in [-0.2, 0) is 11.2 Å². The standard InChI is InChI=1S/C14H17NO5S/c1-8-12-9(16)3-2-4-10(12)20-13(8)14(19)15-5-6-21-7-11(17)18/h2-7H2,1H3,(H,15,19)(H,17,18). The molecule has 21 heavy (non-hydrogen) atoms. The normalized spacial score (nSPS) is 13.9. The van der Waals surface area contributed by atoms with E-state index in [-0.39, 0.29) is 23.2 Å². The van der Waals surface area contributed by atoms with Gasteiger partial charge in [-0.3, -0.25) is 14.4 Å². The highest BCUT2D eigenvalue weighted by Gasteiger charge is 2.28. The Bertz CT molecular complexity index is 578. The molecular weight excluding hydrogens is 294 g/mol. The van der Waals surface area contributed by atoms with Gasteiger partial charge in [0.2, 0.25) is 0 Å². The van der Waals surface area contributed by atoms with Crippen LogP contribution < -0.4 is 5.32 Å². The Morgan fingerprint density at radius 2 is 2.14 bits per heavy atom. The van der Waals surface area contributed by atoms with Gasteiger partial charge in [0.15, 0.2) is 11.5 Å². The van der Waals surface area contributed by atoms with E-state index in [0.29, 0.717) is 42.0 Å². The Labute approximate surface area is 126 Å². The summed E-state index contributed by atoms with van der Waals surface area (Å²) in [5.74, 6) is 0.126. The zero-order valence-corrected chi connectivity index (χ0v) is 12.5. The van der Waals surface area contributed by atoms with Gasteiger partial charge in [0.25, 0.3) is 5.91 Å². The van der Waals surface area contributed by atoms with E-state index in [1.807, 2.05) is 0 Å². The fourth-order valence-corrected chi connectivity index (χ4v) is 2.91. The van der Waals surface area contributed by atoms with Crippen molar-refractivity contribution < 1.29 is 23.9 Å². The van der Waals surface area contributed by atoms with Crippen LogP contribution >= 0.6 is 11.8 Å². The zero-order valence-electron chi connectivity index (χ0n) is 11.7. The molecule has 1 aliphatic carbocycles. The Morgan fingerprint density at radius 1 is 1.38 bits per heavy atom. The Balaban J connectivity index is 1.94. The Hall–Kier alpha value is -1.76. The molecule has 2 rings (SSSR count). The molecule has 0 unspecified atom stereocenters. The molecule has 0 atom stereocenters. The summed E-state index contributed by atoms with van der Waals surface area (Å²) in [6.45, 7) is 2.08. The summed E-state index contributed by atoms with van der Waals surface area (Å²) in [6, 6.07) is 0. The van der Waals surface area contributed by atoms with Gasteiger partial charge >= 0.3 is 5.97 Å². The number of carbonyl (C=O) groups excluding carboxylic acids is 2. The van der Waals surface area contributed by atoms with E-state index in [1.165, 1.54) is 11.8 Å². The fraction of sp³-hybridized carbons (Fsp3) is 0.500. The van der Waals surface area contributed by atoms with Crippen LogP contribution in [0.1, 0.15) is 45.1 Å². The SMILES string of the molecule is Cc1c(C(=O)NCCSCC(=O)O)oc2c1C(=O)CCC2. The van der Waals surface area contributed by atoms with Gasteiger partial charge in [-0.1, -0.05) is 0 Å². The van der Waals surface area contributed by atoms with Crippen molar-refractivity contribution >= 4 is 29.4 Å². The molecule has 0 fully saturated rings. The number of amides is 1. The highest BCUT2D eigenvalue weighted by Crippen LogP contribution is 2.29. The number of furan rings is 1. The third-order valence-corrected chi connectivity index (χ3v) is 4.21. The molecule has 0 spiro atoms. The van der Waals surface area contributed by atoms with Crippen LogP contribution in [0.4, 0.5) is 0 Å². The van der Waals surface area contributed by atoms with Crippen LogP contribution in [0.15, 0.2) is 4.42 Å². The predicted octanol–water partition coefficient (Wildman–Crippen LogP) is 1.65. The molecule has 0 saturated carbocycles. The van der Waals surface area contributed by atoms with Crippen molar-refractivity contribution in [2.75, 3.05) is 18.1 Å². The number of Topliss-reactive ketones (excluding diaryl/α,β-unsaturated/α-hetero) is 1. The van der Waals surface area contributed by atoms with E-state index in [1.54, 1.807) is 6.92 Å². The first-order chi connectivity index (χ1) is 10.0. The van der Waals surface area contributed by atoms with Crippen LogP contribution in [-0.4, -0.2) is 40.8 Å². The van der Waals surface area contributed by atoms with Crippen molar-refractivity contribution in [1.82, 2.24) is 5.32 Å². The van der Waals surface area contributed by atoms with Crippen LogP contribution in [0.2, 0.25) is 0 Å². The molecule has 1 aliphatic rings. The van der Waals surface area contributed by atoms with Gasteiger partial charge in [-0.25, -0.2) is 0 Å². The summed E-state index contributed by atoms with van der Waals surface area (Å²) in [4.78, 5) is 34.3. The lowest BCUT2D eigenvalue weighted by Crippen LogP contribution is -2.26. The number of rotatable bonds is 6. The quantitative estimate of drug-likeness (QED) is 0.776. The highest BCUT2D eigenvalue weighted by molar-refractivity contribution is 7.99. The zero-order chi connectivity index (χ0) is 15.4. The number of aliphatic carboxylic acids is 1. The minimum Gasteiger partial charge on any atom is -0.481 e. The van der Waals surface area contributed by atoms with E-state index >= 15 is 0 Å². The molecule has 1 amide bonds. The van der Waals surface area contributed by atoms with Crippen molar-refractivity contribution in [3.8, 4) is 0 Å². The predicted molar refractivity (Wildman–Crippen MR) is 78.0 cm³/mol. The summed E-state index contributed by atoms with van der Waals surface area (Å²) < 4.78 is 5.53. The van der Waals surface area contributed by atoms with Crippen LogP contribution in [0.25, 0.3) is 0 Å². The molecule has 0 radical (unpaired) electrons. The van der Waals surface area contributed by atoms with Crippen molar-refractivity contribution in [2.45, 2.75) is 26.2 Å². The van der Waals surface area contributed by atoms with Gasteiger partial charge in [0.05, 0.1) is 11.3 Å². The number of fused-ring (bicyclic) bond motifs is 1. The smallest absolute Gasteiger partial charge is 0.313 e. The van der Waals surface area contributed by atoms with Gasteiger partial charge in [-0.15, -0.1) is 11.8 Å². The first-order valence-corrected chi connectivity index (χ1v) is 7.89. The average Bonchev–Trinajstić information content (AvgIpc) is 2.76. The minimum absolute atomic E-state index is 0.0123. The third kappa shape index (κ3) is 3.66. The van der Waals surface area contributed by atoms with E-state index in [2.05, 4.69) is 5.32 Å². The number of nitrogens with one attached hydrogen (secondary N) is 1. The number of hydrogen-bond donors (Lipinski definition) is 2. The Kier molecular flexibility index (Phi) is 5.06. The molecule has 1 aromatic rings. The van der Waals surface area contributed by atoms with E-state index in [4.69, 9.17) is 9.52 Å². The summed E-state index contributed by atoms with van der Waals surface area (Å²) in [5, 5.41) is 11.2. The van der Waals surface area contributed by atoms with Crippen molar-refractivity contribution in [1.29, 1.82) is 0 Å². The van der Waals surface area contributed by atoms with Gasteiger partial charge in [0.1, 0.15) is 5.76 Å². The number of aryl methyl sites for hydroxylation is 1. The molecule has 6 nitrogen and oxygen atoms in total. The molecular formula is C14H17NO5S. The number of carbonyl (C=O) groups is 3. The fourth-order valence-electron chi connectivity index (χ4n) is 2.34. The van der Waals surface area contributed by atoms with Gasteiger partial charge in [-0.2, -0.15) is 0 Å². The van der Waals surface area contributed by atoms with E-state index in [9.17, 15) is 14.4 Å². The number of thioether (sulfide) groups is 1. The molecule has 114 valence electrons. The van der Waals surface area contributed by atoms with Crippen LogP contribution in [0.3, 0.4) is 0 Å². The second-order valence-electron chi connectivity index (χ2n) is 4.83. The molecule has 0 bridgehead atoms. The van der Waals surface area contributed by atoms with Crippen molar-refractivity contribution in [2.24, 2.45) is 0 Å². The summed E-state index contributed by atoms with van der Waals surface area (Å²) in [6.07, 6.45) is 1.94. The maximum Gasteiger partial charge on any atom is 0.313 e. The van der Waals surface area contributed by atoms with E-state index < -0.39 is 5.97 Å². The van der Waals surface area contributed by atoms with Gasteiger partial charge in [0, 0.05) is 30.7 Å². The molecule has 0 aliphatic heterocycles. The number of carboxylic acid groups (broad SMARTS) is 1. The second-order valence-corrected chi connectivity index (χ2v) is 5.94. The van der Waals surface area contributed by atoms with Crippen LogP contribution in [0.5, 0.6) is 0 Å². The second kappa shape index (κ2) is 6.80. The summed E-state index contributed by atoms with van der Waals surface area (Å²) in [5.41, 5.74) is 1.16. The first kappa shape index (κ1) is 15.6. The lowest BCUT2D eigenvalue weighted by molar-refractivity contribution is -0.133. The average molecular weight is 311 g/mol. The van der Waals surface area contributed by atoms with Crippen molar-refractivity contribution in [3.05, 3.63) is 22.6 Å². The monoisotopic (exact) mass is 311 g/mol. The number of ketones is 1. The molecule has 1 heterocycles. The third-order valence-electron chi connectivity index (χ3n) is 3.27. The topological polar surface area (TPSA) is 96.6 Å². The van der Waals surface area contributed by atoms with Crippen LogP contribution in [0, 0.1) is 6.92 Å². The van der Waals surface area contributed by atoms with Gasteiger partial charge < -0.3 is 14.8 Å². The minimum atomic E-state index is -0.876. The maximum atomic E-state index is 12.0. The summed E-state index contributed by atoms with van der Waals surface area (Å²) >= 11 is 1.23. The molecule has 0 aromatic carbocycles. The highest BCUT2D eigenvalue weighted by atomic mass is 32.2. The Morgan fingerprint density at radius 3 is 2.81 bits per heavy atom. The molecule has 2 N–H and O–H groups in total. The van der Waals surface area contributed by atoms with E-state index in [0.717, 1.165) is 6.42 Å². The van der Waals surface area contributed by atoms with Crippen molar-refractivity contribution in [3.63, 3.8) is 0 Å². The molecule has 1 aromatic heterocycles. The van der Waals surface area contributed by atoms with Gasteiger partial charge in [-0.05, 0) is 13.3 Å². The molecule has 0 saturated heterocycles.